The number of ether oxygens (including phenoxy) is 2. The van der Waals surface area contributed by atoms with E-state index in [4.69, 9.17) is 26.2 Å². The van der Waals surface area contributed by atoms with Crippen molar-refractivity contribution in [1.82, 2.24) is 24.3 Å². The van der Waals surface area contributed by atoms with E-state index in [-0.39, 0.29) is 16.6 Å². The second kappa shape index (κ2) is 17.7. The zero-order chi connectivity index (χ0) is 41.8. The highest BCUT2D eigenvalue weighted by molar-refractivity contribution is 6.31. The molecule has 0 radical (unpaired) electrons. The number of fused-ring (bicyclic) bond motifs is 3. The van der Waals surface area contributed by atoms with Gasteiger partial charge in [-0.25, -0.2) is 4.48 Å². The third kappa shape index (κ3) is 7.89. The molecule has 0 amide bonds. The average Bonchev–Trinajstić information content (AvgIpc) is 3.42. The molecule has 310 valence electrons. The number of halogens is 1. The molecule has 2 aliphatic rings. The summed E-state index contributed by atoms with van der Waals surface area (Å²) in [7, 11) is 3.35. The highest BCUT2D eigenvalue weighted by atomic mass is 35.5. The SMILES string of the molecule is CCCCCCCCC1(CCCCCC)C[N+]12/C(=C/C=C/C=c1/c(-c3ccc([N+](=O)[O-])cc3)nn3c(-c4cc(Cl)ccc4OC)nnc13)C(C)(C)c1cc(OC)ccc12. The topological polar surface area (TPSA) is 105 Å². The van der Waals surface area contributed by atoms with Crippen molar-refractivity contribution in [1.29, 1.82) is 0 Å². The van der Waals surface area contributed by atoms with Crippen molar-refractivity contribution in [2.45, 2.75) is 116 Å². The molecule has 0 bridgehead atoms. The molecule has 0 N–H and O–H groups in total. The van der Waals surface area contributed by atoms with Gasteiger partial charge < -0.3 is 9.47 Å². The highest BCUT2D eigenvalue weighted by Gasteiger charge is 2.76. The first-order chi connectivity index (χ1) is 28.5. The van der Waals surface area contributed by atoms with Crippen LogP contribution in [0.1, 0.15) is 110 Å². The number of benzene rings is 3. The fourth-order valence-electron chi connectivity index (χ4n) is 9.65. The number of nitro benzene ring substituents is 1. The Labute approximate surface area is 353 Å². The Morgan fingerprint density at radius 2 is 1.53 bits per heavy atom. The third-order valence-electron chi connectivity index (χ3n) is 12.8. The molecule has 2 unspecified atom stereocenters. The monoisotopic (exact) mass is 817 g/mol. The van der Waals surface area contributed by atoms with Crippen LogP contribution in [0.15, 0.2) is 84.6 Å². The molecule has 7 rings (SSSR count). The van der Waals surface area contributed by atoms with E-state index in [1.54, 1.807) is 49.1 Å². The van der Waals surface area contributed by atoms with Gasteiger partial charge in [0.15, 0.2) is 17.0 Å². The molecule has 1 saturated heterocycles. The summed E-state index contributed by atoms with van der Waals surface area (Å²) in [6, 6.07) is 18.5. The maximum atomic E-state index is 11.5. The Morgan fingerprint density at radius 3 is 2.20 bits per heavy atom. The summed E-state index contributed by atoms with van der Waals surface area (Å²) in [6.07, 6.45) is 23.8. The summed E-state index contributed by atoms with van der Waals surface area (Å²) >= 11 is 6.43. The number of hydrogen-bond acceptors (Lipinski definition) is 7. The second-order valence-electron chi connectivity index (χ2n) is 16.8. The normalized spacial score (nSPS) is 20.3. The summed E-state index contributed by atoms with van der Waals surface area (Å²) in [6.45, 7) is 10.4. The summed E-state index contributed by atoms with van der Waals surface area (Å²) in [5, 5.41) is 26.9. The first-order valence-corrected chi connectivity index (χ1v) is 21.7. The van der Waals surface area contributed by atoms with Gasteiger partial charge in [-0.05, 0) is 81.3 Å². The number of nitro groups is 1. The quantitative estimate of drug-likeness (QED) is 0.0269. The predicted octanol–water partition coefficient (Wildman–Crippen LogP) is 11.7. The van der Waals surface area contributed by atoms with E-state index >= 15 is 0 Å². The van der Waals surface area contributed by atoms with E-state index in [1.165, 1.54) is 106 Å². The molecule has 0 aliphatic carbocycles. The van der Waals surface area contributed by atoms with Gasteiger partial charge in [-0.15, -0.1) is 10.2 Å². The average molecular weight is 818 g/mol. The number of non-ortho nitro benzene ring substituents is 1. The lowest BCUT2D eigenvalue weighted by Crippen LogP contribution is -2.37. The van der Waals surface area contributed by atoms with E-state index in [1.807, 2.05) is 6.08 Å². The molecule has 1 spiro atoms. The highest BCUT2D eigenvalue weighted by Crippen LogP contribution is 2.67. The van der Waals surface area contributed by atoms with Gasteiger partial charge in [-0.3, -0.25) is 10.1 Å². The fraction of sp³-hybridized carbons (Fsp3) is 0.438. The van der Waals surface area contributed by atoms with E-state index in [9.17, 15) is 10.1 Å². The minimum Gasteiger partial charge on any atom is -0.497 e. The van der Waals surface area contributed by atoms with Crippen molar-refractivity contribution in [3.8, 4) is 34.1 Å². The first kappa shape index (κ1) is 42.1. The molecule has 2 atom stereocenters. The van der Waals surface area contributed by atoms with Gasteiger partial charge in [0, 0.05) is 52.4 Å². The molecule has 5 aromatic rings. The molecule has 11 heteroatoms. The van der Waals surface area contributed by atoms with E-state index in [0.29, 0.717) is 33.5 Å². The van der Waals surface area contributed by atoms with Crippen molar-refractivity contribution < 1.29 is 14.4 Å². The summed E-state index contributed by atoms with van der Waals surface area (Å²) in [4.78, 5) is 11.1. The van der Waals surface area contributed by atoms with Crippen LogP contribution in [0.5, 0.6) is 11.5 Å². The van der Waals surface area contributed by atoms with Crippen molar-refractivity contribution in [2.75, 3.05) is 20.8 Å². The molecule has 0 saturated carbocycles. The van der Waals surface area contributed by atoms with E-state index in [2.05, 4.69) is 74.3 Å². The van der Waals surface area contributed by atoms with Crippen LogP contribution in [-0.2, 0) is 5.41 Å². The summed E-state index contributed by atoms with van der Waals surface area (Å²) < 4.78 is 14.1. The van der Waals surface area contributed by atoms with Crippen molar-refractivity contribution in [2.24, 2.45) is 0 Å². The fourth-order valence-corrected chi connectivity index (χ4v) is 9.83. The number of aromatic nitrogens is 4. The van der Waals surface area contributed by atoms with Crippen LogP contribution in [0.4, 0.5) is 11.4 Å². The molecule has 2 aliphatic heterocycles. The minimum atomic E-state index is -0.400. The molecular weight excluding hydrogens is 760 g/mol. The Kier molecular flexibility index (Phi) is 12.6. The third-order valence-corrected chi connectivity index (χ3v) is 13.0. The van der Waals surface area contributed by atoms with Gasteiger partial charge in [0.1, 0.15) is 35.1 Å². The van der Waals surface area contributed by atoms with Crippen LogP contribution < -0.4 is 19.2 Å². The molecule has 10 nitrogen and oxygen atoms in total. The number of allylic oxidation sites excluding steroid dienone is 4. The van der Waals surface area contributed by atoms with Crippen LogP contribution in [0.3, 0.4) is 0 Å². The van der Waals surface area contributed by atoms with Gasteiger partial charge >= 0.3 is 0 Å². The lowest BCUT2D eigenvalue weighted by Gasteiger charge is -2.27. The Bertz CT molecular complexity index is 2420. The predicted molar refractivity (Wildman–Crippen MR) is 239 cm³/mol. The standard InChI is InChI=1S/C48H58ClN6O4/c1-7-9-11-13-14-18-30-48(29-17-12-10-8-2)33-55(48)41-27-26-37(58-5)32-40(41)47(3,4)43(55)20-16-15-19-38-44(34-21-24-36(25-22-34)54(56)57)52-53-45(38)50-51-46(53)39-31-35(49)23-28-42(39)59-6/h15-16,19-28,31-32H,7-14,17-18,29-30,33H2,1-6H3/q+1/b16-15+,38-19-,43-20+. The van der Waals surface area contributed by atoms with Gasteiger partial charge in [0.2, 0.25) is 0 Å². The Morgan fingerprint density at radius 1 is 0.847 bits per heavy atom. The lowest BCUT2D eigenvalue weighted by molar-refractivity contribution is -0.384. The zero-order valence-corrected chi connectivity index (χ0v) is 36.2. The minimum absolute atomic E-state index is 0.0102. The Balaban J connectivity index is 1.32. The molecule has 1 fully saturated rings. The largest absolute Gasteiger partial charge is 0.497 e. The first-order valence-electron chi connectivity index (χ1n) is 21.4. The number of nitrogens with zero attached hydrogens (tertiary/aromatic N) is 6. The molecule has 4 heterocycles. The van der Waals surface area contributed by atoms with Crippen LogP contribution in [0.2, 0.25) is 5.02 Å². The number of rotatable bonds is 19. The number of methoxy groups -OCH3 is 2. The maximum absolute atomic E-state index is 11.5. The number of unbranched alkanes of at least 4 members (excludes halogenated alkanes) is 8. The molecule has 2 aromatic heterocycles. The van der Waals surface area contributed by atoms with Crippen LogP contribution in [0.25, 0.3) is 34.4 Å². The van der Waals surface area contributed by atoms with Crippen LogP contribution in [-0.4, -0.2) is 51.0 Å². The molecule has 3 aromatic carbocycles. The summed E-state index contributed by atoms with van der Waals surface area (Å²) in [5.74, 6) is 1.95. The van der Waals surface area contributed by atoms with Gasteiger partial charge in [-0.1, -0.05) is 89.0 Å². The van der Waals surface area contributed by atoms with Crippen LogP contribution >= 0.6 is 11.6 Å². The second-order valence-corrected chi connectivity index (χ2v) is 17.2. The van der Waals surface area contributed by atoms with Crippen molar-refractivity contribution in [3.05, 3.63) is 111 Å². The lowest BCUT2D eigenvalue weighted by atomic mass is 9.83. The molecular formula is C48H58ClN6O4+. The van der Waals surface area contributed by atoms with Gasteiger partial charge in [0.05, 0.1) is 30.1 Å². The number of hydrogen-bond donors (Lipinski definition) is 0. The Hall–Kier alpha value is -5.06. The summed E-state index contributed by atoms with van der Waals surface area (Å²) in [5.41, 5.74) is 6.67. The van der Waals surface area contributed by atoms with E-state index < -0.39 is 4.92 Å². The maximum Gasteiger partial charge on any atom is 0.269 e. The van der Waals surface area contributed by atoms with Gasteiger partial charge in [0.25, 0.3) is 5.69 Å². The molecule has 59 heavy (non-hydrogen) atoms. The van der Waals surface area contributed by atoms with Crippen molar-refractivity contribution in [3.63, 3.8) is 0 Å². The van der Waals surface area contributed by atoms with E-state index in [0.717, 1.165) is 27.6 Å². The smallest absolute Gasteiger partial charge is 0.269 e. The van der Waals surface area contributed by atoms with Crippen LogP contribution in [0, 0.1) is 10.1 Å². The zero-order valence-electron chi connectivity index (χ0n) is 35.5. The number of quaternary nitrogens is 1. The van der Waals surface area contributed by atoms with Crippen molar-refractivity contribution >= 4 is 34.7 Å². The van der Waals surface area contributed by atoms with Gasteiger partial charge in [-0.2, -0.15) is 9.61 Å².